The summed E-state index contributed by atoms with van der Waals surface area (Å²) in [6, 6.07) is 14.8. The van der Waals surface area contributed by atoms with E-state index in [0.717, 1.165) is 16.6 Å². The highest BCUT2D eigenvalue weighted by atomic mass is 35.5. The van der Waals surface area contributed by atoms with Crippen molar-refractivity contribution in [2.45, 2.75) is 13.8 Å². The Morgan fingerprint density at radius 2 is 1.79 bits per heavy atom. The van der Waals surface area contributed by atoms with Crippen LogP contribution in [0.5, 0.6) is 0 Å². The summed E-state index contributed by atoms with van der Waals surface area (Å²) < 4.78 is 6.08. The van der Waals surface area contributed by atoms with Gasteiger partial charge < -0.3 is 4.42 Å². The number of rotatable bonds is 1. The maximum absolute atomic E-state index is 12.9. The van der Waals surface area contributed by atoms with E-state index in [4.69, 9.17) is 21.0 Å². The summed E-state index contributed by atoms with van der Waals surface area (Å²) in [6.07, 6.45) is 0. The van der Waals surface area contributed by atoms with E-state index >= 15 is 0 Å². The van der Waals surface area contributed by atoms with Gasteiger partial charge in [-0.25, -0.2) is 4.98 Å². The first-order valence-electron chi connectivity index (χ1n) is 7.65. The molecule has 0 atom stereocenters. The van der Waals surface area contributed by atoms with Gasteiger partial charge >= 0.3 is 0 Å². The first-order chi connectivity index (χ1) is 11.6. The van der Waals surface area contributed by atoms with Crippen molar-refractivity contribution in [3.63, 3.8) is 0 Å². The van der Waals surface area contributed by atoms with Gasteiger partial charge in [0.2, 0.25) is 0 Å². The lowest BCUT2D eigenvalue weighted by Crippen LogP contribution is -2.14. The second-order valence-electron chi connectivity index (χ2n) is 5.82. The topological polar surface area (TPSA) is 43.1 Å². The molecule has 2 aliphatic rings. The van der Waals surface area contributed by atoms with E-state index in [1.54, 1.807) is 12.1 Å². The third kappa shape index (κ3) is 2.21. The Morgan fingerprint density at radius 3 is 2.58 bits per heavy atom. The maximum Gasteiger partial charge on any atom is 0.193 e. The van der Waals surface area contributed by atoms with Gasteiger partial charge in [-0.3, -0.25) is 4.79 Å². The Balaban J connectivity index is 2.20. The van der Waals surface area contributed by atoms with Crippen LogP contribution in [0.15, 0.2) is 57.7 Å². The predicted molar refractivity (Wildman–Crippen MR) is 96.8 cm³/mol. The Labute approximate surface area is 143 Å². The molecule has 0 fully saturated rings. The van der Waals surface area contributed by atoms with Crippen molar-refractivity contribution < 1.29 is 4.42 Å². The van der Waals surface area contributed by atoms with E-state index in [9.17, 15) is 4.79 Å². The summed E-state index contributed by atoms with van der Waals surface area (Å²) in [6.45, 7) is 3.72. The molecule has 1 aliphatic carbocycles. The number of nitrogens with zero attached hydrogens (tertiary/aromatic N) is 1. The number of halogens is 1. The van der Waals surface area contributed by atoms with Crippen molar-refractivity contribution in [2.75, 3.05) is 0 Å². The fourth-order valence-electron chi connectivity index (χ4n) is 2.93. The molecule has 4 rings (SSSR count). The Hall–Kier alpha value is -2.65. The van der Waals surface area contributed by atoms with Crippen molar-refractivity contribution in [1.29, 1.82) is 0 Å². The minimum Gasteiger partial charge on any atom is -0.452 e. The highest BCUT2D eigenvalue weighted by Gasteiger charge is 2.23. The molecule has 0 spiro atoms. The van der Waals surface area contributed by atoms with Gasteiger partial charge in [-0.2, -0.15) is 0 Å². The van der Waals surface area contributed by atoms with Crippen LogP contribution in [0.4, 0.5) is 0 Å². The largest absolute Gasteiger partial charge is 0.452 e. The highest BCUT2D eigenvalue weighted by Crippen LogP contribution is 2.36. The molecule has 0 unspecified atom stereocenters. The maximum atomic E-state index is 12.9. The quantitative estimate of drug-likeness (QED) is 0.447. The standard InChI is InChI=1S/C20H14ClNO2/c1-11-12(2)19(23)17(13-6-5-7-14(21)10-13)20-18(11)22-15-8-3-4-9-16(15)24-20/h3-10H,1-2H3. The molecule has 0 bridgehead atoms. The third-order valence-electron chi connectivity index (χ3n) is 4.35. The molecule has 0 amide bonds. The van der Waals surface area contributed by atoms with E-state index in [2.05, 4.69) is 0 Å². The second-order valence-corrected chi connectivity index (χ2v) is 6.26. The molecular weight excluding hydrogens is 322 g/mol. The molecular formula is C20H14ClNO2. The first kappa shape index (κ1) is 14.9. The molecule has 0 saturated carbocycles. The van der Waals surface area contributed by atoms with Gasteiger partial charge in [-0.05, 0) is 49.2 Å². The van der Waals surface area contributed by atoms with Crippen molar-refractivity contribution in [3.05, 3.63) is 74.9 Å². The smallest absolute Gasteiger partial charge is 0.193 e. The molecule has 0 aromatic heterocycles. The minimum absolute atomic E-state index is 0.0527. The van der Waals surface area contributed by atoms with Gasteiger partial charge in [0.25, 0.3) is 0 Å². The highest BCUT2D eigenvalue weighted by molar-refractivity contribution is 6.30. The van der Waals surface area contributed by atoms with E-state index in [1.165, 1.54) is 0 Å². The van der Waals surface area contributed by atoms with Crippen LogP contribution in [0.2, 0.25) is 5.02 Å². The fraction of sp³-hybridized carbons (Fsp3) is 0.100. The molecule has 1 heterocycles. The lowest BCUT2D eigenvalue weighted by atomic mass is 9.94. The van der Waals surface area contributed by atoms with Gasteiger partial charge in [0.1, 0.15) is 11.2 Å². The number of para-hydroxylation sites is 2. The monoisotopic (exact) mass is 335 g/mol. The van der Waals surface area contributed by atoms with Gasteiger partial charge in [-0.1, -0.05) is 35.9 Å². The third-order valence-corrected chi connectivity index (χ3v) is 4.59. The van der Waals surface area contributed by atoms with Gasteiger partial charge in [0, 0.05) is 10.6 Å². The summed E-state index contributed by atoms with van der Waals surface area (Å²) in [4.78, 5) is 17.6. The van der Waals surface area contributed by atoms with Gasteiger partial charge in [0.05, 0.1) is 5.56 Å². The van der Waals surface area contributed by atoms with Gasteiger partial charge in [-0.15, -0.1) is 0 Å². The number of aromatic nitrogens is 1. The molecule has 118 valence electrons. The molecule has 2 aromatic rings. The Kier molecular flexibility index (Phi) is 3.39. The Bertz CT molecular complexity index is 1110. The van der Waals surface area contributed by atoms with Crippen LogP contribution in [-0.2, 0) is 0 Å². The van der Waals surface area contributed by atoms with E-state index in [1.807, 2.05) is 50.2 Å². The van der Waals surface area contributed by atoms with Gasteiger partial charge in [0.15, 0.2) is 16.8 Å². The van der Waals surface area contributed by atoms with Crippen LogP contribution in [0.1, 0.15) is 11.1 Å². The summed E-state index contributed by atoms with van der Waals surface area (Å²) in [5, 5.41) is 0.576. The van der Waals surface area contributed by atoms with E-state index in [-0.39, 0.29) is 5.43 Å². The summed E-state index contributed by atoms with van der Waals surface area (Å²) in [5.41, 5.74) is 4.84. The predicted octanol–water partition coefficient (Wildman–Crippen LogP) is 5.23. The van der Waals surface area contributed by atoms with Crippen LogP contribution in [-0.4, -0.2) is 4.98 Å². The summed E-state index contributed by atoms with van der Waals surface area (Å²) >= 11 is 6.12. The number of hydrogen-bond donors (Lipinski definition) is 0. The lowest BCUT2D eigenvalue weighted by molar-refractivity contribution is 0.613. The van der Waals surface area contributed by atoms with Crippen molar-refractivity contribution in [2.24, 2.45) is 0 Å². The van der Waals surface area contributed by atoms with Crippen LogP contribution >= 0.6 is 11.6 Å². The summed E-state index contributed by atoms with van der Waals surface area (Å²) in [7, 11) is 0. The van der Waals surface area contributed by atoms with Crippen molar-refractivity contribution >= 4 is 22.7 Å². The SMILES string of the molecule is Cc1c2nc3ccccc3oc-2c(-c2cccc(Cl)c2)c(=O)c1C. The second kappa shape index (κ2) is 5.46. The van der Waals surface area contributed by atoms with Crippen LogP contribution < -0.4 is 5.43 Å². The van der Waals surface area contributed by atoms with Crippen LogP contribution in [0.3, 0.4) is 0 Å². The lowest BCUT2D eigenvalue weighted by Gasteiger charge is -2.15. The van der Waals surface area contributed by atoms with Crippen LogP contribution in [0.25, 0.3) is 33.7 Å². The normalized spacial score (nSPS) is 11.3. The molecule has 0 radical (unpaired) electrons. The molecule has 0 N–H and O–H groups in total. The fourth-order valence-corrected chi connectivity index (χ4v) is 3.12. The first-order valence-corrected chi connectivity index (χ1v) is 8.03. The zero-order valence-electron chi connectivity index (χ0n) is 13.3. The molecule has 24 heavy (non-hydrogen) atoms. The van der Waals surface area contributed by atoms with E-state index < -0.39 is 0 Å². The van der Waals surface area contributed by atoms with Crippen LogP contribution in [0, 0.1) is 13.8 Å². The van der Waals surface area contributed by atoms with E-state index in [0.29, 0.717) is 33.2 Å². The van der Waals surface area contributed by atoms with Crippen molar-refractivity contribution in [1.82, 2.24) is 4.98 Å². The summed E-state index contributed by atoms with van der Waals surface area (Å²) in [5.74, 6) is 0.504. The number of benzene rings is 3. The average Bonchev–Trinajstić information content (AvgIpc) is 2.59. The minimum atomic E-state index is -0.0527. The zero-order valence-corrected chi connectivity index (χ0v) is 14.0. The van der Waals surface area contributed by atoms with Crippen molar-refractivity contribution in [3.8, 4) is 22.6 Å². The molecule has 2 aromatic carbocycles. The number of fused-ring (bicyclic) bond motifs is 2. The zero-order chi connectivity index (χ0) is 16.8. The number of hydrogen-bond acceptors (Lipinski definition) is 3. The molecule has 3 nitrogen and oxygen atoms in total. The molecule has 1 aliphatic heterocycles. The average molecular weight is 336 g/mol. The molecule has 0 saturated heterocycles. The molecule has 4 heteroatoms. The Morgan fingerprint density at radius 1 is 1.00 bits per heavy atom.